The molecule has 0 aromatic heterocycles. The second-order valence-corrected chi connectivity index (χ2v) is 6.55. The Morgan fingerprint density at radius 3 is 2.57 bits per heavy atom. The first-order valence-electron chi connectivity index (χ1n) is 6.37. The van der Waals surface area contributed by atoms with E-state index < -0.39 is 38.3 Å². The Bertz CT molecular complexity index is 824. The van der Waals surface area contributed by atoms with Gasteiger partial charge in [-0.15, -0.1) is 0 Å². The fourth-order valence-electron chi connectivity index (χ4n) is 1.85. The molecule has 0 fully saturated rings. The normalized spacial score (nSPS) is 12.8. The van der Waals surface area contributed by atoms with Crippen LogP contribution in [0.15, 0.2) is 53.4 Å². The van der Waals surface area contributed by atoms with Gasteiger partial charge in [0.15, 0.2) is 4.90 Å². The van der Waals surface area contributed by atoms with E-state index in [1.165, 1.54) is 18.2 Å². The van der Waals surface area contributed by atoms with E-state index in [0.717, 1.165) is 12.1 Å². The molecule has 9 heteroatoms. The van der Waals surface area contributed by atoms with Gasteiger partial charge in [0.05, 0.1) is 11.5 Å². The quantitative estimate of drug-likeness (QED) is 0.484. The number of halogens is 1. The first kappa shape index (κ1) is 17.4. The molecule has 0 saturated carbocycles. The predicted molar refractivity (Wildman–Crippen MR) is 82.6 cm³/mol. The first-order chi connectivity index (χ1) is 10.8. The van der Waals surface area contributed by atoms with Crippen LogP contribution in [0.3, 0.4) is 0 Å². The summed E-state index contributed by atoms with van der Waals surface area (Å²) in [6, 6.07) is 11.0. The minimum absolute atomic E-state index is 0.371. The standard InChI is InChI=1S/C14H12ClNO6S/c15-11-5-3-4-10(8-11)13(17)9-22-23(20,21)14-7-2-1-6-12(14)16(18)19/h1-8,13,17H,9H2. The van der Waals surface area contributed by atoms with Crippen LogP contribution in [0, 0.1) is 10.1 Å². The average molecular weight is 358 g/mol. The number of aliphatic hydroxyl groups excluding tert-OH is 1. The number of aliphatic hydroxyl groups is 1. The van der Waals surface area contributed by atoms with Crippen LogP contribution in [-0.4, -0.2) is 25.1 Å². The molecule has 122 valence electrons. The Balaban J connectivity index is 2.18. The van der Waals surface area contributed by atoms with Crippen molar-refractivity contribution in [2.45, 2.75) is 11.0 Å². The maximum atomic E-state index is 12.1. The zero-order chi connectivity index (χ0) is 17.0. The van der Waals surface area contributed by atoms with Crippen LogP contribution >= 0.6 is 11.6 Å². The predicted octanol–water partition coefficient (Wildman–Crippen LogP) is 2.69. The number of nitro groups is 1. The maximum absolute atomic E-state index is 12.1. The molecule has 23 heavy (non-hydrogen) atoms. The van der Waals surface area contributed by atoms with Gasteiger partial charge < -0.3 is 5.11 Å². The molecular formula is C14H12ClNO6S. The lowest BCUT2D eigenvalue weighted by molar-refractivity contribution is -0.387. The molecular weight excluding hydrogens is 346 g/mol. The van der Waals surface area contributed by atoms with Crippen molar-refractivity contribution in [3.05, 3.63) is 69.2 Å². The van der Waals surface area contributed by atoms with Gasteiger partial charge in [0.1, 0.15) is 6.10 Å². The second kappa shape index (κ2) is 7.05. The highest BCUT2D eigenvalue weighted by atomic mass is 35.5. The van der Waals surface area contributed by atoms with E-state index in [9.17, 15) is 23.6 Å². The fraction of sp³-hybridized carbons (Fsp3) is 0.143. The number of nitrogens with zero attached hydrogens (tertiary/aromatic N) is 1. The lowest BCUT2D eigenvalue weighted by Crippen LogP contribution is -2.14. The minimum atomic E-state index is -4.38. The molecule has 0 spiro atoms. The van der Waals surface area contributed by atoms with Crippen LogP contribution in [0.1, 0.15) is 11.7 Å². The molecule has 0 saturated heterocycles. The lowest BCUT2D eigenvalue weighted by Gasteiger charge is -2.12. The van der Waals surface area contributed by atoms with Crippen molar-refractivity contribution in [3.8, 4) is 0 Å². The Hall–Kier alpha value is -2.00. The summed E-state index contributed by atoms with van der Waals surface area (Å²) in [6.45, 7) is -0.589. The van der Waals surface area contributed by atoms with Crippen molar-refractivity contribution >= 4 is 27.4 Å². The van der Waals surface area contributed by atoms with Gasteiger partial charge >= 0.3 is 10.1 Å². The van der Waals surface area contributed by atoms with Crippen molar-refractivity contribution in [3.63, 3.8) is 0 Å². The molecule has 1 N–H and O–H groups in total. The smallest absolute Gasteiger partial charge is 0.303 e. The van der Waals surface area contributed by atoms with Crippen LogP contribution in [-0.2, 0) is 14.3 Å². The van der Waals surface area contributed by atoms with E-state index in [1.807, 2.05) is 0 Å². The molecule has 0 aliphatic heterocycles. The molecule has 2 aromatic carbocycles. The summed E-state index contributed by atoms with van der Waals surface area (Å²) in [7, 11) is -4.38. The summed E-state index contributed by atoms with van der Waals surface area (Å²) in [5.41, 5.74) is -0.222. The summed E-state index contributed by atoms with van der Waals surface area (Å²) in [5.74, 6) is 0. The zero-order valence-corrected chi connectivity index (χ0v) is 13.2. The van der Waals surface area contributed by atoms with Crippen molar-refractivity contribution < 1.29 is 22.6 Å². The van der Waals surface area contributed by atoms with Crippen molar-refractivity contribution in [2.75, 3.05) is 6.61 Å². The Labute approximate surface area is 137 Å². The SMILES string of the molecule is O=[N+]([O-])c1ccccc1S(=O)(=O)OCC(O)c1cccc(Cl)c1. The number of rotatable bonds is 6. The van der Waals surface area contributed by atoms with E-state index in [0.29, 0.717) is 10.6 Å². The highest BCUT2D eigenvalue weighted by molar-refractivity contribution is 7.87. The third-order valence-electron chi connectivity index (χ3n) is 2.95. The van der Waals surface area contributed by atoms with E-state index in [-0.39, 0.29) is 0 Å². The zero-order valence-electron chi connectivity index (χ0n) is 11.6. The highest BCUT2D eigenvalue weighted by Crippen LogP contribution is 2.26. The van der Waals surface area contributed by atoms with Gasteiger partial charge in [-0.2, -0.15) is 8.42 Å². The Kier molecular flexibility index (Phi) is 5.32. The van der Waals surface area contributed by atoms with Gasteiger partial charge in [0.2, 0.25) is 0 Å². The van der Waals surface area contributed by atoms with Crippen molar-refractivity contribution in [2.24, 2.45) is 0 Å². The number of hydrogen-bond acceptors (Lipinski definition) is 6. The molecule has 0 aliphatic carbocycles. The van der Waals surface area contributed by atoms with Gasteiger partial charge in [-0.3, -0.25) is 14.3 Å². The maximum Gasteiger partial charge on any atom is 0.303 e. The van der Waals surface area contributed by atoms with E-state index in [2.05, 4.69) is 0 Å². The van der Waals surface area contributed by atoms with Crippen molar-refractivity contribution in [1.82, 2.24) is 0 Å². The van der Waals surface area contributed by atoms with E-state index >= 15 is 0 Å². The Morgan fingerprint density at radius 1 is 1.22 bits per heavy atom. The van der Waals surface area contributed by atoms with E-state index in [4.69, 9.17) is 15.8 Å². The largest absolute Gasteiger partial charge is 0.386 e. The van der Waals surface area contributed by atoms with Crippen LogP contribution in [0.2, 0.25) is 5.02 Å². The number of benzene rings is 2. The van der Waals surface area contributed by atoms with Gasteiger partial charge in [-0.05, 0) is 23.8 Å². The van der Waals surface area contributed by atoms with Crippen LogP contribution < -0.4 is 0 Å². The van der Waals surface area contributed by atoms with Crippen LogP contribution in [0.5, 0.6) is 0 Å². The third kappa shape index (κ3) is 4.26. The van der Waals surface area contributed by atoms with E-state index in [1.54, 1.807) is 18.2 Å². The number of para-hydroxylation sites is 1. The second-order valence-electron chi connectivity index (χ2n) is 4.53. The molecule has 0 bridgehead atoms. The number of hydrogen-bond donors (Lipinski definition) is 1. The number of nitro benzene ring substituents is 1. The minimum Gasteiger partial charge on any atom is -0.386 e. The van der Waals surface area contributed by atoms with Gasteiger partial charge in [-0.25, -0.2) is 0 Å². The van der Waals surface area contributed by atoms with Gasteiger partial charge in [-0.1, -0.05) is 35.9 Å². The molecule has 0 radical (unpaired) electrons. The summed E-state index contributed by atoms with van der Waals surface area (Å²) in [5, 5.41) is 21.2. The summed E-state index contributed by atoms with van der Waals surface area (Å²) >= 11 is 5.79. The Morgan fingerprint density at radius 2 is 1.91 bits per heavy atom. The molecule has 0 heterocycles. The summed E-state index contributed by atoms with van der Waals surface area (Å²) in [6.07, 6.45) is -1.24. The summed E-state index contributed by atoms with van der Waals surface area (Å²) in [4.78, 5) is 9.50. The highest BCUT2D eigenvalue weighted by Gasteiger charge is 2.27. The first-order valence-corrected chi connectivity index (χ1v) is 8.16. The molecule has 7 nitrogen and oxygen atoms in total. The molecule has 0 amide bonds. The average Bonchev–Trinajstić information content (AvgIpc) is 2.52. The third-order valence-corrected chi connectivity index (χ3v) is 4.51. The topological polar surface area (TPSA) is 107 Å². The molecule has 1 unspecified atom stereocenters. The van der Waals surface area contributed by atoms with Crippen molar-refractivity contribution in [1.29, 1.82) is 0 Å². The molecule has 0 aliphatic rings. The molecule has 2 aromatic rings. The fourth-order valence-corrected chi connectivity index (χ4v) is 3.12. The van der Waals surface area contributed by atoms with Gasteiger partial charge in [0.25, 0.3) is 5.69 Å². The summed E-state index contributed by atoms with van der Waals surface area (Å²) < 4.78 is 28.9. The molecule has 1 atom stereocenters. The van der Waals surface area contributed by atoms with Crippen LogP contribution in [0.25, 0.3) is 0 Å². The van der Waals surface area contributed by atoms with Gasteiger partial charge in [0, 0.05) is 11.1 Å². The monoisotopic (exact) mass is 357 g/mol. The molecule has 2 rings (SSSR count). The lowest BCUT2D eigenvalue weighted by atomic mass is 10.1. The van der Waals surface area contributed by atoms with Crippen LogP contribution in [0.4, 0.5) is 5.69 Å².